The largest absolute Gasteiger partial charge is 0.294 e. The van der Waals surface area contributed by atoms with Crippen LogP contribution in [-0.4, -0.2) is 48.8 Å². The van der Waals surface area contributed by atoms with Crippen LogP contribution in [0, 0.1) is 6.92 Å². The van der Waals surface area contributed by atoms with Gasteiger partial charge in [0.2, 0.25) is 10.0 Å². The quantitative estimate of drug-likeness (QED) is 0.633. The number of nitrogens with zero attached hydrogens (tertiary/aromatic N) is 3. The Hall–Kier alpha value is -1.58. The third-order valence-electron chi connectivity index (χ3n) is 4.67. The first kappa shape index (κ1) is 18.8. The molecule has 27 heavy (non-hydrogen) atoms. The Morgan fingerprint density at radius 2 is 1.78 bits per heavy atom. The van der Waals surface area contributed by atoms with Crippen LogP contribution in [0.2, 0.25) is 0 Å². The van der Waals surface area contributed by atoms with E-state index in [2.05, 4.69) is 21.7 Å². The van der Waals surface area contributed by atoms with Gasteiger partial charge in [-0.3, -0.25) is 4.90 Å². The highest BCUT2D eigenvalue weighted by molar-refractivity contribution is 7.89. The van der Waals surface area contributed by atoms with Crippen molar-refractivity contribution in [2.45, 2.75) is 18.4 Å². The number of hydrogen-bond acceptors (Lipinski definition) is 6. The second-order valence-corrected chi connectivity index (χ2v) is 10.4. The van der Waals surface area contributed by atoms with Crippen molar-refractivity contribution in [2.24, 2.45) is 0 Å². The van der Waals surface area contributed by atoms with Gasteiger partial charge in [-0.15, -0.1) is 22.7 Å². The van der Waals surface area contributed by atoms with Crippen LogP contribution < -0.4 is 0 Å². The second kappa shape index (κ2) is 7.81. The van der Waals surface area contributed by atoms with Gasteiger partial charge in [-0.25, -0.2) is 13.4 Å². The fraction of sp³-hybridized carbons (Fsp3) is 0.316. The third kappa shape index (κ3) is 4.14. The van der Waals surface area contributed by atoms with E-state index < -0.39 is 10.0 Å². The lowest BCUT2D eigenvalue weighted by Crippen LogP contribution is -2.48. The second-order valence-electron chi connectivity index (χ2n) is 6.60. The molecule has 0 saturated carbocycles. The fourth-order valence-corrected chi connectivity index (χ4v) is 6.12. The zero-order valence-electron chi connectivity index (χ0n) is 15.0. The molecule has 0 spiro atoms. The first-order valence-corrected chi connectivity index (χ1v) is 12.0. The molecule has 0 amide bonds. The van der Waals surface area contributed by atoms with Crippen molar-refractivity contribution in [3.8, 4) is 10.6 Å². The van der Waals surface area contributed by atoms with E-state index in [-0.39, 0.29) is 0 Å². The van der Waals surface area contributed by atoms with Crippen molar-refractivity contribution in [1.29, 1.82) is 0 Å². The van der Waals surface area contributed by atoms with Gasteiger partial charge in [0.15, 0.2) is 0 Å². The van der Waals surface area contributed by atoms with Gasteiger partial charge in [0.05, 0.1) is 22.0 Å². The van der Waals surface area contributed by atoms with Crippen LogP contribution in [0.1, 0.15) is 10.6 Å². The number of aromatic nitrogens is 1. The van der Waals surface area contributed by atoms with Gasteiger partial charge in [0, 0.05) is 31.6 Å². The zero-order valence-corrected chi connectivity index (χ0v) is 17.5. The molecule has 0 radical (unpaired) electrons. The van der Waals surface area contributed by atoms with Gasteiger partial charge in [-0.05, 0) is 30.5 Å². The van der Waals surface area contributed by atoms with Crippen LogP contribution in [0.25, 0.3) is 10.6 Å². The van der Waals surface area contributed by atoms with E-state index in [1.807, 2.05) is 25.1 Å². The van der Waals surface area contributed by atoms with Gasteiger partial charge in [0.1, 0.15) is 5.01 Å². The molecule has 3 aromatic rings. The topological polar surface area (TPSA) is 53.5 Å². The Morgan fingerprint density at radius 3 is 2.44 bits per heavy atom. The van der Waals surface area contributed by atoms with E-state index >= 15 is 0 Å². The van der Waals surface area contributed by atoms with Crippen molar-refractivity contribution in [3.63, 3.8) is 0 Å². The molecular formula is C19H21N3O2S3. The molecule has 1 aliphatic rings. The number of benzene rings is 1. The van der Waals surface area contributed by atoms with Crippen LogP contribution in [0.3, 0.4) is 0 Å². The average molecular weight is 420 g/mol. The summed E-state index contributed by atoms with van der Waals surface area (Å²) < 4.78 is 27.2. The highest BCUT2D eigenvalue weighted by Crippen LogP contribution is 2.27. The third-order valence-corrected chi connectivity index (χ3v) is 8.31. The smallest absolute Gasteiger partial charge is 0.243 e. The fourth-order valence-electron chi connectivity index (χ4n) is 3.10. The zero-order chi connectivity index (χ0) is 18.9. The summed E-state index contributed by atoms with van der Waals surface area (Å²) in [7, 11) is -3.41. The Bertz CT molecular complexity index is 987. The molecule has 0 unspecified atom stereocenters. The number of piperazine rings is 1. The summed E-state index contributed by atoms with van der Waals surface area (Å²) in [5.41, 5.74) is 2.09. The Kier molecular flexibility index (Phi) is 5.43. The molecule has 1 fully saturated rings. The average Bonchev–Trinajstić information content (AvgIpc) is 3.34. The van der Waals surface area contributed by atoms with E-state index in [1.54, 1.807) is 39.1 Å². The van der Waals surface area contributed by atoms with E-state index in [4.69, 9.17) is 4.98 Å². The summed E-state index contributed by atoms with van der Waals surface area (Å²) in [5.74, 6) is 0. The molecule has 1 aliphatic heterocycles. The molecule has 0 N–H and O–H groups in total. The molecule has 0 aliphatic carbocycles. The lowest BCUT2D eigenvalue weighted by atomic mass is 10.2. The summed E-state index contributed by atoms with van der Waals surface area (Å²) >= 11 is 3.36. The molecule has 1 saturated heterocycles. The first-order valence-electron chi connectivity index (χ1n) is 8.80. The molecule has 2 aromatic heterocycles. The van der Waals surface area contributed by atoms with E-state index in [9.17, 15) is 8.42 Å². The monoisotopic (exact) mass is 419 g/mol. The Morgan fingerprint density at radius 1 is 1.04 bits per heavy atom. The van der Waals surface area contributed by atoms with E-state index in [1.165, 1.54) is 4.88 Å². The van der Waals surface area contributed by atoms with Crippen LogP contribution in [0.5, 0.6) is 0 Å². The lowest BCUT2D eigenvalue weighted by Gasteiger charge is -2.33. The molecule has 5 nitrogen and oxygen atoms in total. The predicted molar refractivity (Wildman–Crippen MR) is 111 cm³/mol. The minimum Gasteiger partial charge on any atom is -0.294 e. The molecule has 0 bridgehead atoms. The molecular weight excluding hydrogens is 398 g/mol. The normalized spacial score (nSPS) is 16.6. The molecule has 4 rings (SSSR count). The van der Waals surface area contributed by atoms with Crippen molar-refractivity contribution in [2.75, 3.05) is 26.2 Å². The Labute approximate surface area is 168 Å². The van der Waals surface area contributed by atoms with E-state index in [0.717, 1.165) is 35.9 Å². The standard InChI is InChI=1S/C19H21N3O2S3/c1-15-4-6-16(7-5-15)27(23,24)22-10-8-21(9-11-22)13-19-20-17(14-26-19)18-3-2-12-25-18/h2-7,12,14H,8-11,13H2,1H3. The highest BCUT2D eigenvalue weighted by atomic mass is 32.2. The lowest BCUT2D eigenvalue weighted by molar-refractivity contribution is 0.181. The van der Waals surface area contributed by atoms with E-state index in [0.29, 0.717) is 18.0 Å². The molecule has 8 heteroatoms. The number of sulfonamides is 1. The number of aryl methyl sites for hydroxylation is 1. The maximum Gasteiger partial charge on any atom is 0.243 e. The van der Waals surface area contributed by atoms with Crippen molar-refractivity contribution in [3.05, 3.63) is 57.7 Å². The maximum atomic E-state index is 12.8. The molecule has 142 valence electrons. The maximum absolute atomic E-state index is 12.8. The van der Waals surface area contributed by atoms with Gasteiger partial charge in [-0.2, -0.15) is 4.31 Å². The highest BCUT2D eigenvalue weighted by Gasteiger charge is 2.28. The molecule has 3 heterocycles. The van der Waals surface area contributed by atoms with Crippen molar-refractivity contribution >= 4 is 32.7 Å². The van der Waals surface area contributed by atoms with Crippen LogP contribution in [-0.2, 0) is 16.6 Å². The minimum absolute atomic E-state index is 0.377. The predicted octanol–water partition coefficient (Wildman–Crippen LogP) is 3.69. The number of rotatable bonds is 5. The Balaban J connectivity index is 1.37. The first-order chi connectivity index (χ1) is 13.0. The van der Waals surface area contributed by atoms with Gasteiger partial charge < -0.3 is 0 Å². The summed E-state index contributed by atoms with van der Waals surface area (Å²) in [6.45, 7) is 5.20. The summed E-state index contributed by atoms with van der Waals surface area (Å²) in [6.07, 6.45) is 0. The summed E-state index contributed by atoms with van der Waals surface area (Å²) in [4.78, 5) is 8.57. The number of thiophene rings is 1. The van der Waals surface area contributed by atoms with Crippen molar-refractivity contribution < 1.29 is 8.42 Å². The number of thiazole rings is 1. The van der Waals surface area contributed by atoms with Crippen LogP contribution in [0.15, 0.2) is 52.1 Å². The van der Waals surface area contributed by atoms with Crippen LogP contribution >= 0.6 is 22.7 Å². The molecule has 0 atom stereocenters. The van der Waals surface area contributed by atoms with Gasteiger partial charge in [0.25, 0.3) is 0 Å². The summed E-state index contributed by atoms with van der Waals surface area (Å²) in [6, 6.07) is 11.2. The van der Waals surface area contributed by atoms with Crippen LogP contribution in [0.4, 0.5) is 0 Å². The van der Waals surface area contributed by atoms with Crippen molar-refractivity contribution in [1.82, 2.24) is 14.2 Å². The minimum atomic E-state index is -3.41. The van der Waals surface area contributed by atoms with Gasteiger partial charge >= 0.3 is 0 Å². The number of hydrogen-bond donors (Lipinski definition) is 0. The molecule has 1 aromatic carbocycles. The SMILES string of the molecule is Cc1ccc(S(=O)(=O)N2CCN(Cc3nc(-c4cccs4)cs3)CC2)cc1. The summed E-state index contributed by atoms with van der Waals surface area (Å²) in [5, 5.41) is 5.23. The van der Waals surface area contributed by atoms with Gasteiger partial charge in [-0.1, -0.05) is 23.8 Å².